The van der Waals surface area contributed by atoms with E-state index >= 15 is 0 Å². The lowest BCUT2D eigenvalue weighted by Gasteiger charge is -2.37. The van der Waals surface area contributed by atoms with Crippen LogP contribution < -0.4 is 5.32 Å². The molecule has 1 saturated heterocycles. The predicted molar refractivity (Wildman–Crippen MR) is 84.5 cm³/mol. The summed E-state index contributed by atoms with van der Waals surface area (Å²) < 4.78 is 5.85. The van der Waals surface area contributed by atoms with Crippen LogP contribution in [0, 0.1) is 0 Å². The maximum Gasteiger partial charge on any atom is 0.148 e. The molecule has 0 amide bonds. The average Bonchev–Trinajstić information content (AvgIpc) is 2.61. The SMILES string of the molecule is C[C@@H](c1ccncc1)N1CCO[C@@H](CNc2cccnn2)C1. The first kappa shape index (κ1) is 14.9. The lowest BCUT2D eigenvalue weighted by atomic mass is 10.1. The van der Waals surface area contributed by atoms with Crippen LogP contribution in [0.1, 0.15) is 18.5 Å². The molecular formula is C16H21N5O. The van der Waals surface area contributed by atoms with Crippen molar-refractivity contribution in [1.29, 1.82) is 0 Å². The third kappa shape index (κ3) is 3.78. The van der Waals surface area contributed by atoms with Crippen LogP contribution in [0.5, 0.6) is 0 Å². The molecule has 0 spiro atoms. The summed E-state index contributed by atoms with van der Waals surface area (Å²) in [5.74, 6) is 0.783. The van der Waals surface area contributed by atoms with E-state index < -0.39 is 0 Å². The Kier molecular flexibility index (Phi) is 4.92. The van der Waals surface area contributed by atoms with Gasteiger partial charge in [0.1, 0.15) is 5.82 Å². The second kappa shape index (κ2) is 7.29. The Morgan fingerprint density at radius 1 is 1.32 bits per heavy atom. The molecule has 3 heterocycles. The number of ether oxygens (including phenoxy) is 1. The normalized spacial score (nSPS) is 20.5. The molecule has 1 aliphatic rings. The van der Waals surface area contributed by atoms with E-state index in [9.17, 15) is 0 Å². The van der Waals surface area contributed by atoms with Gasteiger partial charge in [-0.25, -0.2) is 0 Å². The minimum absolute atomic E-state index is 0.153. The summed E-state index contributed by atoms with van der Waals surface area (Å²) in [6.07, 6.45) is 5.51. The molecule has 0 bridgehead atoms. The molecule has 0 saturated carbocycles. The maximum absolute atomic E-state index is 5.85. The Hall–Kier alpha value is -2.05. The molecule has 0 unspecified atom stereocenters. The van der Waals surface area contributed by atoms with Crippen molar-refractivity contribution in [3.63, 3.8) is 0 Å². The van der Waals surface area contributed by atoms with Gasteiger partial charge in [-0.3, -0.25) is 9.88 Å². The number of hydrogen-bond donors (Lipinski definition) is 1. The number of aromatic nitrogens is 3. The van der Waals surface area contributed by atoms with Gasteiger partial charge in [-0.15, -0.1) is 5.10 Å². The fraction of sp³-hybridized carbons (Fsp3) is 0.438. The Labute approximate surface area is 130 Å². The highest BCUT2D eigenvalue weighted by molar-refractivity contribution is 5.31. The number of hydrogen-bond acceptors (Lipinski definition) is 6. The second-order valence-electron chi connectivity index (χ2n) is 5.43. The maximum atomic E-state index is 5.85. The van der Waals surface area contributed by atoms with Crippen molar-refractivity contribution in [1.82, 2.24) is 20.1 Å². The second-order valence-corrected chi connectivity index (χ2v) is 5.43. The number of nitrogens with one attached hydrogen (secondary N) is 1. The standard InChI is InChI=1S/C16H21N5O/c1-13(14-4-7-17-8-5-14)21-9-10-22-15(12-21)11-18-16-3-2-6-19-20-16/h2-8,13,15H,9-12H2,1H3,(H,18,20)/t13-,15-/m0/s1. The fourth-order valence-corrected chi connectivity index (χ4v) is 2.68. The van der Waals surface area contributed by atoms with Gasteiger partial charge in [0.15, 0.2) is 0 Å². The van der Waals surface area contributed by atoms with Gasteiger partial charge >= 0.3 is 0 Å². The molecule has 22 heavy (non-hydrogen) atoms. The Bertz CT molecular complexity index is 565. The zero-order valence-electron chi connectivity index (χ0n) is 12.7. The number of nitrogens with zero attached hydrogens (tertiary/aromatic N) is 4. The summed E-state index contributed by atoms with van der Waals surface area (Å²) in [7, 11) is 0. The molecule has 2 aromatic rings. The summed E-state index contributed by atoms with van der Waals surface area (Å²) in [4.78, 5) is 6.53. The van der Waals surface area contributed by atoms with Crippen molar-refractivity contribution < 1.29 is 4.74 Å². The van der Waals surface area contributed by atoms with Crippen LogP contribution in [0.4, 0.5) is 5.82 Å². The first-order valence-corrected chi connectivity index (χ1v) is 7.60. The number of anilines is 1. The molecule has 1 fully saturated rings. The van der Waals surface area contributed by atoms with Crippen molar-refractivity contribution in [2.75, 3.05) is 31.6 Å². The van der Waals surface area contributed by atoms with E-state index in [1.165, 1.54) is 5.56 Å². The Morgan fingerprint density at radius 2 is 2.18 bits per heavy atom. The molecular weight excluding hydrogens is 278 g/mol. The van der Waals surface area contributed by atoms with Gasteiger partial charge in [0.05, 0.1) is 12.7 Å². The van der Waals surface area contributed by atoms with E-state index in [1.54, 1.807) is 6.20 Å². The molecule has 0 aromatic carbocycles. The van der Waals surface area contributed by atoms with Crippen LogP contribution in [-0.2, 0) is 4.74 Å². The third-order valence-corrected chi connectivity index (χ3v) is 3.99. The van der Waals surface area contributed by atoms with Crippen molar-refractivity contribution in [3.05, 3.63) is 48.4 Å². The van der Waals surface area contributed by atoms with Crippen LogP contribution in [0.15, 0.2) is 42.9 Å². The van der Waals surface area contributed by atoms with Crippen LogP contribution in [0.3, 0.4) is 0 Å². The molecule has 1 aliphatic heterocycles. The summed E-state index contributed by atoms with van der Waals surface area (Å²) in [6, 6.07) is 8.30. The van der Waals surface area contributed by atoms with Crippen molar-refractivity contribution >= 4 is 5.82 Å². The fourth-order valence-electron chi connectivity index (χ4n) is 2.68. The minimum atomic E-state index is 0.153. The number of pyridine rings is 1. The highest BCUT2D eigenvalue weighted by Crippen LogP contribution is 2.22. The van der Waals surface area contributed by atoms with Gasteiger partial charge in [0, 0.05) is 44.3 Å². The first-order valence-electron chi connectivity index (χ1n) is 7.60. The van der Waals surface area contributed by atoms with Crippen molar-refractivity contribution in [3.8, 4) is 0 Å². The first-order chi connectivity index (χ1) is 10.8. The summed E-state index contributed by atoms with van der Waals surface area (Å²) in [5.41, 5.74) is 1.29. The molecule has 2 atom stereocenters. The van der Waals surface area contributed by atoms with E-state index in [0.29, 0.717) is 6.04 Å². The van der Waals surface area contributed by atoms with Crippen LogP contribution in [0.25, 0.3) is 0 Å². The predicted octanol–water partition coefficient (Wildman–Crippen LogP) is 1.75. The third-order valence-electron chi connectivity index (χ3n) is 3.99. The topological polar surface area (TPSA) is 63.2 Å². The zero-order valence-corrected chi connectivity index (χ0v) is 12.7. The highest BCUT2D eigenvalue weighted by atomic mass is 16.5. The van der Waals surface area contributed by atoms with Gasteiger partial charge in [0.25, 0.3) is 0 Å². The molecule has 6 heteroatoms. The van der Waals surface area contributed by atoms with Crippen LogP contribution >= 0.6 is 0 Å². The molecule has 0 aliphatic carbocycles. The lowest BCUT2D eigenvalue weighted by molar-refractivity contribution is -0.0346. The largest absolute Gasteiger partial charge is 0.374 e. The Balaban J connectivity index is 1.55. The molecule has 1 N–H and O–H groups in total. The lowest BCUT2D eigenvalue weighted by Crippen LogP contribution is -2.46. The number of rotatable bonds is 5. The highest BCUT2D eigenvalue weighted by Gasteiger charge is 2.24. The van der Waals surface area contributed by atoms with Gasteiger partial charge in [-0.1, -0.05) is 0 Å². The average molecular weight is 299 g/mol. The van der Waals surface area contributed by atoms with Crippen LogP contribution in [-0.4, -0.2) is 52.4 Å². The molecule has 116 valence electrons. The molecule has 6 nitrogen and oxygen atoms in total. The summed E-state index contributed by atoms with van der Waals surface area (Å²) >= 11 is 0. The summed E-state index contributed by atoms with van der Waals surface area (Å²) in [6.45, 7) is 5.57. The van der Waals surface area contributed by atoms with Crippen LogP contribution in [0.2, 0.25) is 0 Å². The van der Waals surface area contributed by atoms with Crippen molar-refractivity contribution in [2.45, 2.75) is 19.1 Å². The summed E-state index contributed by atoms with van der Waals surface area (Å²) in [5, 5.41) is 11.2. The molecule has 3 rings (SSSR count). The van der Waals surface area contributed by atoms with E-state index in [0.717, 1.165) is 32.1 Å². The zero-order chi connectivity index (χ0) is 15.2. The van der Waals surface area contributed by atoms with Gasteiger partial charge in [0.2, 0.25) is 0 Å². The van der Waals surface area contributed by atoms with E-state index in [1.807, 2.05) is 24.5 Å². The monoisotopic (exact) mass is 299 g/mol. The molecule has 0 radical (unpaired) electrons. The van der Waals surface area contributed by atoms with E-state index in [4.69, 9.17) is 4.74 Å². The minimum Gasteiger partial charge on any atom is -0.374 e. The number of morpholine rings is 1. The Morgan fingerprint density at radius 3 is 2.95 bits per heavy atom. The quantitative estimate of drug-likeness (QED) is 0.907. The van der Waals surface area contributed by atoms with Crippen molar-refractivity contribution in [2.24, 2.45) is 0 Å². The van der Waals surface area contributed by atoms with E-state index in [2.05, 4.69) is 44.5 Å². The van der Waals surface area contributed by atoms with E-state index in [-0.39, 0.29) is 6.10 Å². The smallest absolute Gasteiger partial charge is 0.148 e. The van der Waals surface area contributed by atoms with Gasteiger partial charge < -0.3 is 10.1 Å². The van der Waals surface area contributed by atoms with Gasteiger partial charge in [-0.2, -0.15) is 5.10 Å². The molecule has 2 aromatic heterocycles. The van der Waals surface area contributed by atoms with Gasteiger partial charge in [-0.05, 0) is 36.8 Å².